The molecule has 0 radical (unpaired) electrons. The molecule has 0 aromatic carbocycles. The third kappa shape index (κ3) is 4.05. The van der Waals surface area contributed by atoms with Gasteiger partial charge in [-0.25, -0.2) is 0 Å². The van der Waals surface area contributed by atoms with Gasteiger partial charge in [-0.1, -0.05) is 13.8 Å². The summed E-state index contributed by atoms with van der Waals surface area (Å²) in [7, 11) is 0. The van der Waals surface area contributed by atoms with Crippen molar-refractivity contribution >= 4 is 22.6 Å². The fourth-order valence-electron chi connectivity index (χ4n) is 1.30. The van der Waals surface area contributed by atoms with Gasteiger partial charge in [-0.05, 0) is 41.5 Å². The molecule has 0 aromatic heterocycles. The Morgan fingerprint density at radius 1 is 1.58 bits per heavy atom. The van der Waals surface area contributed by atoms with Gasteiger partial charge in [0.2, 0.25) is 0 Å². The Bertz CT molecular complexity index is 130. The van der Waals surface area contributed by atoms with E-state index in [4.69, 9.17) is 4.74 Å². The second-order valence-electron chi connectivity index (χ2n) is 3.76. The number of rotatable bonds is 3. The summed E-state index contributed by atoms with van der Waals surface area (Å²) in [6.45, 7) is 8.93. The Morgan fingerprint density at radius 3 is 2.92 bits per heavy atom. The van der Waals surface area contributed by atoms with E-state index >= 15 is 0 Å². The molecule has 0 aromatic rings. The summed E-state index contributed by atoms with van der Waals surface area (Å²) < 4.78 is 5.87. The van der Waals surface area contributed by atoms with E-state index in [1.165, 1.54) is 13.0 Å². The molecular weight excluding hydrogens is 265 g/mol. The molecular formula is C9H18INO. The van der Waals surface area contributed by atoms with Gasteiger partial charge in [0.05, 0.1) is 6.61 Å². The quantitative estimate of drug-likeness (QED) is 0.581. The molecule has 0 saturated carbocycles. The average molecular weight is 283 g/mol. The molecule has 1 aliphatic rings. The lowest BCUT2D eigenvalue weighted by Gasteiger charge is -2.30. The first kappa shape index (κ1) is 10.7. The van der Waals surface area contributed by atoms with Crippen molar-refractivity contribution in [3.05, 3.63) is 0 Å². The number of nitrogens with zero attached hydrogens (tertiary/aromatic N) is 1. The van der Waals surface area contributed by atoms with Crippen LogP contribution in [0.3, 0.4) is 0 Å². The molecule has 1 unspecified atom stereocenters. The van der Waals surface area contributed by atoms with Gasteiger partial charge in [0.15, 0.2) is 0 Å². The molecule has 0 amide bonds. The summed E-state index contributed by atoms with van der Waals surface area (Å²) in [6.07, 6.45) is 1.31. The molecule has 1 heterocycles. The largest absolute Gasteiger partial charge is 0.365 e. The average Bonchev–Trinajstić information content (AvgIpc) is 2.01. The highest BCUT2D eigenvalue weighted by Crippen LogP contribution is 2.12. The summed E-state index contributed by atoms with van der Waals surface area (Å²) in [5, 5.41) is 0. The van der Waals surface area contributed by atoms with Crippen molar-refractivity contribution in [3.63, 3.8) is 0 Å². The number of ether oxygens (including phenoxy) is 1. The zero-order valence-electron chi connectivity index (χ0n) is 7.92. The fourth-order valence-corrected chi connectivity index (χ4v) is 2.11. The van der Waals surface area contributed by atoms with Gasteiger partial charge in [-0.2, -0.15) is 0 Å². The molecule has 1 rings (SSSR count). The monoisotopic (exact) mass is 283 g/mol. The van der Waals surface area contributed by atoms with E-state index < -0.39 is 0 Å². The lowest BCUT2D eigenvalue weighted by atomic mass is 10.1. The number of hydrogen-bond acceptors (Lipinski definition) is 2. The van der Waals surface area contributed by atoms with Crippen molar-refractivity contribution in [1.82, 2.24) is 4.90 Å². The second-order valence-corrected chi connectivity index (χ2v) is 5.15. The molecule has 1 saturated heterocycles. The highest BCUT2D eigenvalue weighted by atomic mass is 127. The van der Waals surface area contributed by atoms with Crippen molar-refractivity contribution in [2.24, 2.45) is 5.92 Å². The van der Waals surface area contributed by atoms with Crippen LogP contribution < -0.4 is 0 Å². The van der Waals surface area contributed by atoms with Gasteiger partial charge >= 0.3 is 0 Å². The molecule has 72 valence electrons. The Balaban J connectivity index is 2.14. The maximum Gasteiger partial charge on any atom is 0.121 e. The van der Waals surface area contributed by atoms with Crippen molar-refractivity contribution < 1.29 is 4.74 Å². The third-order valence-corrected chi connectivity index (χ3v) is 2.88. The zero-order chi connectivity index (χ0) is 8.97. The molecule has 0 aliphatic carbocycles. The molecule has 2 nitrogen and oxygen atoms in total. The number of alkyl halides is 1. The zero-order valence-corrected chi connectivity index (χ0v) is 10.1. The first-order valence-corrected chi connectivity index (χ1v) is 5.91. The summed E-state index contributed by atoms with van der Waals surface area (Å²) in [6, 6.07) is 0. The number of halogens is 1. The summed E-state index contributed by atoms with van der Waals surface area (Å²) in [4.78, 5) is 2.50. The minimum Gasteiger partial charge on any atom is -0.365 e. The lowest BCUT2D eigenvalue weighted by Crippen LogP contribution is -2.40. The van der Waals surface area contributed by atoms with Gasteiger partial charge in [-0.15, -0.1) is 0 Å². The molecule has 12 heavy (non-hydrogen) atoms. The topological polar surface area (TPSA) is 12.5 Å². The van der Waals surface area contributed by atoms with Crippen LogP contribution in [-0.2, 0) is 4.74 Å². The maximum atomic E-state index is 5.46. The standard InChI is InChI=1S/C9H18INO/c1-8(2)3-4-11-5-6-12-9(10)7-11/h8-9H,3-7H2,1-2H3. The van der Waals surface area contributed by atoms with Gasteiger partial charge in [0, 0.05) is 13.1 Å². The molecule has 0 bridgehead atoms. The van der Waals surface area contributed by atoms with Crippen molar-refractivity contribution in [3.8, 4) is 0 Å². The summed E-state index contributed by atoms with van der Waals surface area (Å²) >= 11 is 2.37. The van der Waals surface area contributed by atoms with Gasteiger partial charge in [0.1, 0.15) is 4.11 Å². The minimum absolute atomic E-state index is 0.406. The Kier molecular flexibility index (Phi) is 4.82. The molecule has 1 atom stereocenters. The second kappa shape index (κ2) is 5.40. The molecule has 1 fully saturated rings. The van der Waals surface area contributed by atoms with Crippen LogP contribution in [0.2, 0.25) is 0 Å². The van der Waals surface area contributed by atoms with Crippen molar-refractivity contribution in [1.29, 1.82) is 0 Å². The van der Waals surface area contributed by atoms with Crippen molar-refractivity contribution in [2.75, 3.05) is 26.2 Å². The predicted octanol–water partition coefficient (Wildman–Crippen LogP) is 2.13. The van der Waals surface area contributed by atoms with E-state index in [1.54, 1.807) is 0 Å². The van der Waals surface area contributed by atoms with E-state index in [9.17, 15) is 0 Å². The smallest absolute Gasteiger partial charge is 0.121 e. The minimum atomic E-state index is 0.406. The molecule has 1 aliphatic heterocycles. The van der Waals surface area contributed by atoms with E-state index in [0.29, 0.717) is 4.11 Å². The Labute approximate surface area is 88.8 Å². The SMILES string of the molecule is CC(C)CCN1CCOC(I)C1. The summed E-state index contributed by atoms with van der Waals surface area (Å²) in [5.41, 5.74) is 0. The Morgan fingerprint density at radius 2 is 2.33 bits per heavy atom. The van der Waals surface area contributed by atoms with Crippen LogP contribution in [0, 0.1) is 5.92 Å². The molecule has 0 spiro atoms. The van der Waals surface area contributed by atoms with Crippen LogP contribution in [0.5, 0.6) is 0 Å². The van der Waals surface area contributed by atoms with Crippen LogP contribution >= 0.6 is 22.6 Å². The molecule has 3 heteroatoms. The van der Waals surface area contributed by atoms with E-state index in [1.807, 2.05) is 0 Å². The number of hydrogen-bond donors (Lipinski definition) is 0. The lowest BCUT2D eigenvalue weighted by molar-refractivity contribution is 0.0251. The van der Waals surface area contributed by atoms with Crippen molar-refractivity contribution in [2.45, 2.75) is 24.4 Å². The summed E-state index contributed by atoms with van der Waals surface area (Å²) in [5.74, 6) is 0.820. The van der Waals surface area contributed by atoms with Crippen LogP contribution in [0.4, 0.5) is 0 Å². The first-order chi connectivity index (χ1) is 5.68. The normalized spacial score (nSPS) is 26.5. The van der Waals surface area contributed by atoms with Gasteiger partial charge in [-0.3, -0.25) is 4.90 Å². The highest BCUT2D eigenvalue weighted by molar-refractivity contribution is 14.1. The predicted molar refractivity (Wildman–Crippen MR) is 59.7 cm³/mol. The van der Waals surface area contributed by atoms with E-state index in [0.717, 1.165) is 25.6 Å². The van der Waals surface area contributed by atoms with Crippen LogP contribution in [-0.4, -0.2) is 35.3 Å². The third-order valence-electron chi connectivity index (χ3n) is 2.13. The fraction of sp³-hybridized carbons (Fsp3) is 1.00. The van der Waals surface area contributed by atoms with E-state index in [-0.39, 0.29) is 0 Å². The van der Waals surface area contributed by atoms with Crippen LogP contribution in [0.15, 0.2) is 0 Å². The van der Waals surface area contributed by atoms with Gasteiger partial charge in [0.25, 0.3) is 0 Å². The highest BCUT2D eigenvalue weighted by Gasteiger charge is 2.16. The van der Waals surface area contributed by atoms with Crippen LogP contribution in [0.1, 0.15) is 20.3 Å². The molecule has 0 N–H and O–H groups in total. The maximum absolute atomic E-state index is 5.46. The Hall–Kier alpha value is 0.650. The van der Waals surface area contributed by atoms with Crippen LogP contribution in [0.25, 0.3) is 0 Å². The first-order valence-electron chi connectivity index (χ1n) is 4.66. The van der Waals surface area contributed by atoms with E-state index in [2.05, 4.69) is 41.3 Å². The number of morpholine rings is 1. The van der Waals surface area contributed by atoms with Gasteiger partial charge < -0.3 is 4.74 Å².